The zero-order chi connectivity index (χ0) is 73.3. The molecule has 5 rings (SSSR count). The Bertz CT molecular complexity index is 3060. The maximum atomic E-state index is 15.3. The summed E-state index contributed by atoms with van der Waals surface area (Å²) in [7, 11) is 1.45. The van der Waals surface area contributed by atoms with Crippen LogP contribution < -0.4 is 69.4 Å². The number of aliphatic hydroxyl groups is 4. The summed E-state index contributed by atoms with van der Waals surface area (Å²) < 4.78 is 39.4. The Morgan fingerprint density at radius 3 is 2.21 bits per heavy atom. The lowest BCUT2D eigenvalue weighted by atomic mass is 9.86. The van der Waals surface area contributed by atoms with Crippen molar-refractivity contribution in [3.8, 4) is 5.75 Å². The number of aromatic nitrogens is 3. The fraction of sp³-hybridized carbons (Fsp3) is 0.661. The molecule has 12 amide bonds. The number of aliphatic hydroxyl groups excluding tert-OH is 4. The Balaban J connectivity index is 1.23. The van der Waals surface area contributed by atoms with E-state index in [4.69, 9.17) is 30.4 Å². The number of hydrogen-bond acceptors (Lipinski definition) is 25. The highest BCUT2D eigenvalue weighted by Crippen LogP contribution is 2.48. The van der Waals surface area contributed by atoms with Gasteiger partial charge in [0.1, 0.15) is 29.3 Å². The standard InChI is InChI=1S/C62H98N16O20S2/c1-5-36(2)41(12-14-65-50(85)26-63)57(89)70-29-51(86)71-45-35-100(94)61-54(38(32-79)27-68-60(92)55(37(3)46(82)33-80)73-49(84)24-40(81)28-69-58(90)44(25-48(64)83)72-59(45)91)42-8-9-47(95-4)43(56(42)74-61)34-99-23-7-6-13-66-62(93)67-15-17-96-19-21-98-22-20-97-18-16-77-30-39(75-76-77)31-78-52(87)10-11-53(78)88/h8-11,30,36-38,40-41,44-46,54-55,61,74,79-82H,5-7,12-29,31-35,63H2,1-4H3,(H2,64,83)(H,65,85)(H,68,92)(H,69,90)(H,70,89)(H,71,86)(H,72,91)(H,73,84)(H2,66,67,93)/t36-,37-,38-,40+,41-,44-,45+,46-,54?,55-,61?,100?/m0/s1. The Kier molecular flexibility index (Phi) is 36.3. The largest absolute Gasteiger partial charge is 0.615 e. The van der Waals surface area contributed by atoms with Gasteiger partial charge in [0.15, 0.2) is 11.4 Å². The predicted molar refractivity (Wildman–Crippen MR) is 362 cm³/mol. The molecule has 0 radical (unpaired) electrons. The summed E-state index contributed by atoms with van der Waals surface area (Å²) in [5.74, 6) is -11.3. The number of carbonyl (C=O) groups is 11. The first kappa shape index (κ1) is 82.9. The average Bonchev–Trinajstić information content (AvgIpc) is 1.60. The number of benzene rings is 1. The Morgan fingerprint density at radius 2 is 1.54 bits per heavy atom. The number of urea groups is 1. The topological polar surface area (TPSA) is 535 Å². The van der Waals surface area contributed by atoms with Gasteiger partial charge in [-0.1, -0.05) is 38.5 Å². The molecule has 1 aromatic carbocycles. The SMILES string of the molecule is CC[C@H](C)[C@H](CCNC(=O)CN)C(=O)NCC(=O)N[C@@H]1C[S+]([O-])C2Nc3c(ccc(OC)c3CSCCCCNC(=O)NCCOCCOCCOCCn3cc(CN4C(=O)C=CC4=O)nn3)C2[C@H](CO)CNC(=O)[C@H]([C@@H](C)[C@@H](O)CO)NC(=O)C[C@@H](O)CNC(=O)[C@H](CC(N)=O)NC1=O. The van der Waals surface area contributed by atoms with Crippen molar-refractivity contribution in [1.82, 2.24) is 67.7 Å². The van der Waals surface area contributed by atoms with Crippen LogP contribution in [0.2, 0.25) is 0 Å². The number of amides is 12. The van der Waals surface area contributed by atoms with Gasteiger partial charge < -0.3 is 109 Å². The van der Waals surface area contributed by atoms with E-state index in [0.29, 0.717) is 98.5 Å². The summed E-state index contributed by atoms with van der Waals surface area (Å²) in [4.78, 5) is 145. The van der Waals surface area contributed by atoms with Crippen LogP contribution in [-0.4, -0.2) is 263 Å². The van der Waals surface area contributed by atoms with Gasteiger partial charge in [0.25, 0.3) is 11.8 Å². The van der Waals surface area contributed by atoms with Gasteiger partial charge in [-0.2, -0.15) is 11.8 Å². The van der Waals surface area contributed by atoms with Crippen LogP contribution >= 0.6 is 11.8 Å². The van der Waals surface area contributed by atoms with E-state index in [-0.39, 0.29) is 64.3 Å². The van der Waals surface area contributed by atoms with Crippen molar-refractivity contribution in [2.75, 3.05) is 123 Å². The third-order valence-corrected chi connectivity index (χ3v) is 19.5. The molecule has 0 saturated carbocycles. The second-order valence-corrected chi connectivity index (χ2v) is 26.8. The van der Waals surface area contributed by atoms with Gasteiger partial charge in [0.05, 0.1) is 117 Å². The summed E-state index contributed by atoms with van der Waals surface area (Å²) >= 11 is -0.793. The molecule has 38 heteroatoms. The number of nitrogens with zero attached hydrogens (tertiary/aromatic N) is 4. The molecule has 1 aromatic heterocycles. The third-order valence-electron chi connectivity index (χ3n) is 16.8. The number of primary amides is 1. The van der Waals surface area contributed by atoms with Crippen LogP contribution in [0.4, 0.5) is 10.5 Å². The number of hydrogen-bond donors (Lipinski definition) is 16. The number of rotatable bonds is 38. The number of carbonyl (C=O) groups excluding carboxylic acids is 11. The number of unbranched alkanes of at least 4 members (excludes halogenated alkanes) is 1. The highest BCUT2D eigenvalue weighted by Gasteiger charge is 2.48. The maximum Gasteiger partial charge on any atom is 0.314 e. The van der Waals surface area contributed by atoms with Crippen LogP contribution in [0.3, 0.4) is 0 Å². The molecule has 4 heterocycles. The number of β-amino-alcohol motifs (C(OH)–C–C–N with tert-alkyl or cyclic N) is 1. The van der Waals surface area contributed by atoms with Crippen molar-refractivity contribution in [3.63, 3.8) is 0 Å². The first-order valence-electron chi connectivity index (χ1n) is 33.1. The van der Waals surface area contributed by atoms with E-state index in [9.17, 15) is 73.2 Å². The van der Waals surface area contributed by atoms with E-state index < -0.39 is 175 Å². The van der Waals surface area contributed by atoms with Crippen molar-refractivity contribution in [3.05, 3.63) is 47.3 Å². The maximum absolute atomic E-state index is 15.3. The molecule has 36 nitrogen and oxygen atoms in total. The first-order chi connectivity index (χ1) is 47.9. The van der Waals surface area contributed by atoms with E-state index in [1.165, 1.54) is 37.9 Å². The fourth-order valence-electron chi connectivity index (χ4n) is 10.9. The minimum absolute atomic E-state index is 0.0297. The van der Waals surface area contributed by atoms with Crippen LogP contribution in [0.15, 0.2) is 30.5 Å². The van der Waals surface area contributed by atoms with E-state index in [0.717, 1.165) is 4.90 Å². The Hall–Kier alpha value is -7.79. The molecule has 12 atom stereocenters. The molecule has 558 valence electrons. The van der Waals surface area contributed by atoms with Crippen LogP contribution in [0, 0.1) is 23.7 Å². The highest BCUT2D eigenvalue weighted by molar-refractivity contribution is 7.98. The quantitative estimate of drug-likeness (QED) is 0.0169. The highest BCUT2D eigenvalue weighted by atomic mass is 32.2. The fourth-order valence-corrected chi connectivity index (χ4v) is 13.7. The minimum Gasteiger partial charge on any atom is -0.615 e. The molecule has 18 N–H and O–H groups in total. The van der Waals surface area contributed by atoms with Gasteiger partial charge in [-0.05, 0) is 53.7 Å². The lowest BCUT2D eigenvalue weighted by Crippen LogP contribution is -2.59. The number of imide groups is 1. The first-order valence-corrected chi connectivity index (χ1v) is 35.6. The van der Waals surface area contributed by atoms with Crippen molar-refractivity contribution < 1.29 is 96.7 Å². The molecule has 1 fully saturated rings. The predicted octanol–water partition coefficient (Wildman–Crippen LogP) is -5.47. The van der Waals surface area contributed by atoms with Crippen LogP contribution in [0.1, 0.15) is 82.0 Å². The van der Waals surface area contributed by atoms with Crippen LogP contribution in [0.25, 0.3) is 0 Å². The number of anilines is 1. The number of nitrogens with one attached hydrogen (secondary N) is 10. The molecule has 3 unspecified atom stereocenters. The molecule has 3 aliphatic heterocycles. The smallest absolute Gasteiger partial charge is 0.314 e. The molecule has 1 saturated heterocycles. The Labute approximate surface area is 586 Å². The number of thioether (sulfide) groups is 1. The number of ether oxygens (including phenoxy) is 4. The number of methoxy groups -OCH3 is 1. The summed E-state index contributed by atoms with van der Waals surface area (Å²) in [6, 6.07) is -2.14. The van der Waals surface area contributed by atoms with Crippen LogP contribution in [0.5, 0.6) is 5.75 Å². The third kappa shape index (κ3) is 27.0. The summed E-state index contributed by atoms with van der Waals surface area (Å²) in [6.45, 7) is 4.54. The Morgan fingerprint density at radius 1 is 0.850 bits per heavy atom. The van der Waals surface area contributed by atoms with E-state index in [1.54, 1.807) is 23.0 Å². The van der Waals surface area contributed by atoms with E-state index in [1.807, 2.05) is 13.8 Å². The normalized spacial score (nSPS) is 21.9. The molecule has 0 bridgehead atoms. The van der Waals surface area contributed by atoms with Crippen molar-refractivity contribution >= 4 is 93.7 Å². The monoisotopic (exact) mass is 1450 g/mol. The van der Waals surface area contributed by atoms with Crippen molar-refractivity contribution in [2.45, 2.75) is 120 Å². The summed E-state index contributed by atoms with van der Waals surface area (Å²) in [6.07, 6.45) is 1.33. The van der Waals surface area contributed by atoms with Crippen LogP contribution in [-0.2, 0) is 92.2 Å². The van der Waals surface area contributed by atoms with Gasteiger partial charge in [-0.25, -0.2) is 9.48 Å². The average molecular weight is 1450 g/mol. The molecule has 100 heavy (non-hydrogen) atoms. The second-order valence-electron chi connectivity index (χ2n) is 24.0. The molecule has 0 spiro atoms. The van der Waals surface area contributed by atoms with E-state index in [2.05, 4.69) is 63.5 Å². The minimum atomic E-state index is -2.31. The van der Waals surface area contributed by atoms with Crippen molar-refractivity contribution in [1.29, 1.82) is 0 Å². The molecule has 2 aromatic rings. The van der Waals surface area contributed by atoms with Gasteiger partial charge in [0.2, 0.25) is 47.3 Å². The lowest BCUT2D eigenvalue weighted by molar-refractivity contribution is -0.137. The molecular formula is C62H98N16O20S2. The number of nitrogens with two attached hydrogens (primary N) is 2. The lowest BCUT2D eigenvalue weighted by Gasteiger charge is -2.32. The van der Waals surface area contributed by atoms with Crippen molar-refractivity contribution in [2.24, 2.45) is 35.1 Å². The number of fused-ring (bicyclic) bond motifs is 3. The molecule has 3 aliphatic rings. The van der Waals surface area contributed by atoms with Gasteiger partial charge in [-0.15, -0.1) is 5.10 Å². The summed E-state index contributed by atoms with van der Waals surface area (Å²) in [5.41, 5.74) is 12.9. The second kappa shape index (κ2) is 43.8. The van der Waals surface area contributed by atoms with Gasteiger partial charge >= 0.3 is 6.03 Å². The zero-order valence-corrected chi connectivity index (χ0v) is 58.3. The molecular weight excluding hydrogens is 1350 g/mol. The van der Waals surface area contributed by atoms with E-state index >= 15 is 4.55 Å². The molecule has 0 aliphatic carbocycles. The van der Waals surface area contributed by atoms with Gasteiger partial charge in [0, 0.05) is 86.2 Å². The zero-order valence-electron chi connectivity index (χ0n) is 56.7. The summed E-state index contributed by atoms with van der Waals surface area (Å²) in [5, 5.41) is 76.0. The van der Waals surface area contributed by atoms with Gasteiger partial charge in [-0.3, -0.25) is 52.8 Å².